The van der Waals surface area contributed by atoms with Crippen molar-refractivity contribution in [2.24, 2.45) is 0 Å². The largest absolute Gasteiger partial charge is 0.370 e. The number of hydrogen-bond acceptors (Lipinski definition) is 3. The van der Waals surface area contributed by atoms with Crippen molar-refractivity contribution in [1.29, 1.82) is 0 Å². The molecule has 30 heavy (non-hydrogen) atoms. The number of aryl methyl sites for hydroxylation is 1. The zero-order chi connectivity index (χ0) is 21.3. The van der Waals surface area contributed by atoms with Crippen molar-refractivity contribution in [2.45, 2.75) is 32.4 Å². The van der Waals surface area contributed by atoms with Crippen LogP contribution in [0.3, 0.4) is 0 Å². The van der Waals surface area contributed by atoms with Crippen LogP contribution in [0.4, 0.5) is 0 Å². The Morgan fingerprint density at radius 2 is 1.57 bits per heavy atom. The van der Waals surface area contributed by atoms with Gasteiger partial charge >= 0.3 is 0 Å². The van der Waals surface area contributed by atoms with Gasteiger partial charge in [0.05, 0.1) is 25.7 Å². The molecular formula is C24H32N3O3+. The van der Waals surface area contributed by atoms with Crippen molar-refractivity contribution in [3.05, 3.63) is 71.3 Å². The fourth-order valence-corrected chi connectivity index (χ4v) is 3.83. The van der Waals surface area contributed by atoms with Gasteiger partial charge in [0.25, 0.3) is 0 Å². The lowest BCUT2D eigenvalue weighted by Gasteiger charge is -2.29. The highest BCUT2D eigenvalue weighted by atomic mass is 16.5. The molecule has 0 saturated carbocycles. The molecule has 2 amide bonds. The van der Waals surface area contributed by atoms with Gasteiger partial charge in [-0.25, -0.2) is 0 Å². The predicted octanol–water partition coefficient (Wildman–Crippen LogP) is 1.33. The molecule has 0 bridgehead atoms. The molecule has 160 valence electrons. The zero-order valence-corrected chi connectivity index (χ0v) is 17.8. The van der Waals surface area contributed by atoms with E-state index in [1.54, 1.807) is 0 Å². The van der Waals surface area contributed by atoms with Gasteiger partial charge in [0, 0.05) is 6.92 Å². The fourth-order valence-electron chi connectivity index (χ4n) is 3.83. The van der Waals surface area contributed by atoms with Gasteiger partial charge in [-0.1, -0.05) is 60.2 Å². The maximum atomic E-state index is 13.0. The Labute approximate surface area is 178 Å². The lowest BCUT2D eigenvalue weighted by Crippen LogP contribution is -3.14. The Kier molecular flexibility index (Phi) is 7.99. The summed E-state index contributed by atoms with van der Waals surface area (Å²) in [4.78, 5) is 26.1. The van der Waals surface area contributed by atoms with Gasteiger partial charge < -0.3 is 20.3 Å². The molecule has 0 unspecified atom stereocenters. The SMILES string of the molecule is CC(=O)N[C@H](CC(=O)N[C@H](C[NH+]1CCOCC1)c1ccc(C)cc1)c1ccccc1. The number of carbonyl (C=O) groups excluding carboxylic acids is 2. The van der Waals surface area contributed by atoms with E-state index in [0.717, 1.165) is 44.0 Å². The van der Waals surface area contributed by atoms with Gasteiger partial charge in [0.15, 0.2) is 0 Å². The van der Waals surface area contributed by atoms with Crippen LogP contribution in [0.1, 0.15) is 42.1 Å². The Hall–Kier alpha value is -2.70. The molecule has 0 aliphatic carbocycles. The average Bonchev–Trinajstić information content (AvgIpc) is 2.74. The van der Waals surface area contributed by atoms with E-state index in [1.807, 2.05) is 30.3 Å². The second-order valence-corrected chi connectivity index (χ2v) is 7.97. The van der Waals surface area contributed by atoms with Crippen LogP contribution in [0, 0.1) is 6.92 Å². The molecule has 0 spiro atoms. The maximum Gasteiger partial charge on any atom is 0.223 e. The highest BCUT2D eigenvalue weighted by Crippen LogP contribution is 2.18. The van der Waals surface area contributed by atoms with Crippen molar-refractivity contribution in [1.82, 2.24) is 10.6 Å². The molecule has 6 heteroatoms. The molecule has 3 rings (SSSR count). The second kappa shape index (κ2) is 10.9. The molecule has 2 atom stereocenters. The summed E-state index contributed by atoms with van der Waals surface area (Å²) in [6.07, 6.45) is 0.199. The van der Waals surface area contributed by atoms with Gasteiger partial charge in [-0.05, 0) is 18.1 Å². The summed E-state index contributed by atoms with van der Waals surface area (Å²) in [7, 11) is 0. The maximum absolute atomic E-state index is 13.0. The van der Waals surface area contributed by atoms with Crippen molar-refractivity contribution in [3.63, 3.8) is 0 Å². The van der Waals surface area contributed by atoms with E-state index in [0.29, 0.717) is 0 Å². The van der Waals surface area contributed by atoms with Crippen LogP contribution in [0.15, 0.2) is 54.6 Å². The summed E-state index contributed by atoms with van der Waals surface area (Å²) in [5.74, 6) is -0.222. The number of ether oxygens (including phenoxy) is 1. The first-order chi connectivity index (χ1) is 14.5. The summed E-state index contributed by atoms with van der Waals surface area (Å²) in [6, 6.07) is 17.5. The highest BCUT2D eigenvalue weighted by Gasteiger charge is 2.25. The van der Waals surface area contributed by atoms with Gasteiger partial charge in [0.2, 0.25) is 11.8 Å². The Balaban J connectivity index is 1.72. The molecule has 6 nitrogen and oxygen atoms in total. The minimum atomic E-state index is -0.349. The van der Waals surface area contributed by atoms with Crippen molar-refractivity contribution < 1.29 is 19.2 Å². The third-order valence-electron chi connectivity index (χ3n) is 5.48. The topological polar surface area (TPSA) is 71.9 Å². The molecule has 2 aromatic rings. The zero-order valence-electron chi connectivity index (χ0n) is 17.8. The molecule has 2 aromatic carbocycles. The van der Waals surface area contributed by atoms with Crippen LogP contribution < -0.4 is 15.5 Å². The molecule has 0 aromatic heterocycles. The van der Waals surface area contributed by atoms with Gasteiger partial charge in [-0.2, -0.15) is 0 Å². The number of rotatable bonds is 8. The molecule has 1 aliphatic heterocycles. The van der Waals surface area contributed by atoms with Gasteiger partial charge in [-0.15, -0.1) is 0 Å². The molecule has 0 radical (unpaired) electrons. The summed E-state index contributed by atoms with van der Waals surface area (Å²) in [5.41, 5.74) is 3.22. The van der Waals surface area contributed by atoms with Crippen LogP contribution in [0.25, 0.3) is 0 Å². The number of benzene rings is 2. The lowest BCUT2D eigenvalue weighted by molar-refractivity contribution is -0.909. The Bertz CT molecular complexity index is 817. The second-order valence-electron chi connectivity index (χ2n) is 7.97. The van der Waals surface area contributed by atoms with E-state index in [4.69, 9.17) is 4.74 Å². The third kappa shape index (κ3) is 6.68. The first kappa shape index (κ1) is 22.0. The predicted molar refractivity (Wildman–Crippen MR) is 116 cm³/mol. The normalized spacial score (nSPS) is 16.5. The molecule has 3 N–H and O–H groups in total. The van der Waals surface area contributed by atoms with Crippen LogP contribution in [0.5, 0.6) is 0 Å². The van der Waals surface area contributed by atoms with Gasteiger partial charge in [0.1, 0.15) is 25.7 Å². The number of nitrogens with one attached hydrogen (secondary N) is 3. The quantitative estimate of drug-likeness (QED) is 0.615. The van der Waals surface area contributed by atoms with Crippen molar-refractivity contribution in [2.75, 3.05) is 32.8 Å². The van der Waals surface area contributed by atoms with Crippen LogP contribution in [-0.4, -0.2) is 44.7 Å². The number of carbonyl (C=O) groups is 2. The van der Waals surface area contributed by atoms with E-state index >= 15 is 0 Å². The summed E-state index contributed by atoms with van der Waals surface area (Å²) in [6.45, 7) is 7.74. The first-order valence-corrected chi connectivity index (χ1v) is 10.6. The monoisotopic (exact) mass is 410 g/mol. The third-order valence-corrected chi connectivity index (χ3v) is 5.48. The smallest absolute Gasteiger partial charge is 0.223 e. The molecule has 1 aliphatic rings. The number of hydrogen-bond donors (Lipinski definition) is 3. The highest BCUT2D eigenvalue weighted by molar-refractivity contribution is 5.79. The Morgan fingerprint density at radius 3 is 2.20 bits per heavy atom. The minimum Gasteiger partial charge on any atom is -0.370 e. The lowest BCUT2D eigenvalue weighted by atomic mass is 10.0. The average molecular weight is 411 g/mol. The molecule has 1 fully saturated rings. The van der Waals surface area contributed by atoms with Crippen LogP contribution in [-0.2, 0) is 14.3 Å². The molecule has 1 heterocycles. The van der Waals surface area contributed by atoms with Crippen LogP contribution >= 0.6 is 0 Å². The number of quaternary nitrogens is 1. The number of morpholine rings is 1. The molecular weight excluding hydrogens is 378 g/mol. The summed E-state index contributed by atoms with van der Waals surface area (Å²) in [5, 5.41) is 6.13. The van der Waals surface area contributed by atoms with E-state index < -0.39 is 0 Å². The van der Waals surface area contributed by atoms with Gasteiger partial charge in [-0.3, -0.25) is 9.59 Å². The first-order valence-electron chi connectivity index (χ1n) is 10.6. The number of amides is 2. The van der Waals surface area contributed by atoms with Crippen LogP contribution in [0.2, 0.25) is 0 Å². The van der Waals surface area contributed by atoms with E-state index in [-0.39, 0.29) is 30.3 Å². The fraction of sp³-hybridized carbons (Fsp3) is 0.417. The van der Waals surface area contributed by atoms with E-state index in [1.165, 1.54) is 17.4 Å². The molecule has 1 saturated heterocycles. The van der Waals surface area contributed by atoms with E-state index in [9.17, 15) is 9.59 Å². The summed E-state index contributed by atoms with van der Waals surface area (Å²) < 4.78 is 5.47. The van der Waals surface area contributed by atoms with Crippen molar-refractivity contribution in [3.8, 4) is 0 Å². The Morgan fingerprint density at radius 1 is 0.933 bits per heavy atom. The minimum absolute atomic E-state index is 0.0733. The standard InChI is InChI=1S/C24H31N3O3/c1-18-8-10-21(11-9-18)23(17-27-12-14-30-15-13-27)26-24(29)16-22(25-19(2)28)20-6-4-3-5-7-20/h3-11,22-23H,12-17H2,1-2H3,(H,25,28)(H,26,29)/p+1/t22-,23-/m1/s1. The summed E-state index contributed by atoms with van der Waals surface area (Å²) >= 11 is 0. The van der Waals surface area contributed by atoms with Crippen molar-refractivity contribution >= 4 is 11.8 Å². The van der Waals surface area contributed by atoms with E-state index in [2.05, 4.69) is 41.8 Å².